The van der Waals surface area contributed by atoms with Crippen LogP contribution in [0, 0.1) is 37.0 Å². The number of benzene rings is 10. The lowest BCUT2D eigenvalue weighted by Crippen LogP contribution is -1.93. The molecule has 3 aliphatic carbocycles. The van der Waals surface area contributed by atoms with Gasteiger partial charge in [0, 0.05) is 0 Å². The normalized spacial score (nSPS) is 13.6. The molecule has 0 aliphatic heterocycles. The quantitative estimate of drug-likeness (QED) is 0.114. The molecule has 10 aromatic carbocycles. The Hall–Kier alpha value is -10.5. The molecule has 366 valence electrons. The first-order valence-electron chi connectivity index (χ1n) is 26.0. The van der Waals surface area contributed by atoms with Gasteiger partial charge in [0.25, 0.3) is 0 Å². The molecular weight excluding hydrogens is 949 g/mol. The number of rotatable bonds is 12. The van der Waals surface area contributed by atoms with Crippen molar-refractivity contribution in [3.63, 3.8) is 0 Å². The first-order valence-corrected chi connectivity index (χ1v) is 26.0. The van der Waals surface area contributed by atoms with Crippen LogP contribution in [-0.4, -0.2) is 19.8 Å². The molecule has 0 heterocycles. The van der Waals surface area contributed by atoms with Crippen molar-refractivity contribution in [1.82, 2.24) is 0 Å². The van der Waals surface area contributed by atoms with Crippen molar-refractivity contribution < 1.29 is 14.2 Å². The Kier molecular flexibility index (Phi) is 12.3. The van der Waals surface area contributed by atoms with Gasteiger partial charge < -0.3 is 14.2 Å². The van der Waals surface area contributed by atoms with E-state index in [9.17, 15) is 0 Å². The number of fused-ring (bicyclic) bond motifs is 9. The standard InChI is InChI=1S/C75H48O3/c1-4-37-76-58-28-19-49(20-29-58)40-70-64-16-10-7-13-61(64)67-34-25-52(46-73(67)70)55-43-56(53-26-35-68-62-14-8-11-17-65(62)71(74(68)47-53)41-50-21-30-59(31-22-50)77-38-5-2)45-57(44-55)54-27-36-69-63-15-9-12-18-66(63)72(75(69)48-54)42-51-23-32-60(33-24-51)78-39-6-3/h1-3,7-36,40-48H,37-39H2/b70-40+,71-41+,72-42+. The molecule has 0 radical (unpaired) electrons. The zero-order chi connectivity index (χ0) is 52.5. The van der Waals surface area contributed by atoms with Crippen LogP contribution in [0.4, 0.5) is 0 Å². The summed E-state index contributed by atoms with van der Waals surface area (Å²) in [6.07, 6.45) is 23.3. The summed E-state index contributed by atoms with van der Waals surface area (Å²) in [4.78, 5) is 0. The Labute approximate surface area is 456 Å². The second-order valence-electron chi connectivity index (χ2n) is 19.6. The fourth-order valence-corrected chi connectivity index (χ4v) is 11.3. The molecule has 0 unspecified atom stereocenters. The molecule has 0 aromatic heterocycles. The van der Waals surface area contributed by atoms with Crippen LogP contribution in [0.1, 0.15) is 50.1 Å². The van der Waals surface area contributed by atoms with Gasteiger partial charge in [-0.05, 0) is 225 Å². The van der Waals surface area contributed by atoms with Crippen LogP contribution in [-0.2, 0) is 0 Å². The smallest absolute Gasteiger partial charge is 0.148 e. The first-order chi connectivity index (χ1) is 38.5. The third-order valence-corrected chi connectivity index (χ3v) is 14.9. The molecule has 0 saturated heterocycles. The van der Waals surface area contributed by atoms with Crippen LogP contribution in [0.15, 0.2) is 218 Å². The highest BCUT2D eigenvalue weighted by Gasteiger charge is 2.27. The molecule has 3 aliphatic rings. The molecule has 0 saturated carbocycles. The molecule has 0 fully saturated rings. The summed E-state index contributed by atoms with van der Waals surface area (Å²) in [6.45, 7) is 0.683. The number of ether oxygens (including phenoxy) is 3. The van der Waals surface area contributed by atoms with Crippen molar-refractivity contribution in [2.45, 2.75) is 0 Å². The lowest BCUT2D eigenvalue weighted by atomic mass is 9.89. The first kappa shape index (κ1) is 47.2. The number of hydrogen-bond acceptors (Lipinski definition) is 3. The minimum absolute atomic E-state index is 0.228. The SMILES string of the molecule is C#CCOc1ccc(/C=C2\c3ccccc3-c3ccc(-c4cc(-c5ccc6c(c5)/C(=C/c5ccc(OCC#C)cc5)c5ccccc5-6)cc(-c5ccc6c(c5)/C(=C/c5ccc(OCC#C)cc5)c5ccccc5-6)c4)cc32)cc1. The van der Waals surface area contributed by atoms with Crippen molar-refractivity contribution in [2.75, 3.05) is 19.8 Å². The molecule has 0 atom stereocenters. The topological polar surface area (TPSA) is 27.7 Å². The summed E-state index contributed by atoms with van der Waals surface area (Å²) in [5, 5.41) is 0. The maximum atomic E-state index is 5.72. The van der Waals surface area contributed by atoms with Gasteiger partial charge >= 0.3 is 0 Å². The van der Waals surface area contributed by atoms with E-state index in [1.807, 2.05) is 36.4 Å². The lowest BCUT2D eigenvalue weighted by Gasteiger charge is -2.15. The van der Waals surface area contributed by atoms with Gasteiger partial charge in [0.05, 0.1) is 0 Å². The van der Waals surface area contributed by atoms with E-state index in [1.165, 1.54) is 83.5 Å². The highest BCUT2D eigenvalue weighted by Crippen LogP contribution is 2.51. The summed E-state index contributed by atoms with van der Waals surface area (Å²) >= 11 is 0. The predicted molar refractivity (Wildman–Crippen MR) is 322 cm³/mol. The molecule has 3 nitrogen and oxygen atoms in total. The van der Waals surface area contributed by atoms with E-state index in [-0.39, 0.29) is 19.8 Å². The fraction of sp³-hybridized carbons (Fsp3) is 0.0400. The highest BCUT2D eigenvalue weighted by atomic mass is 16.5. The maximum Gasteiger partial charge on any atom is 0.148 e. The van der Waals surface area contributed by atoms with Gasteiger partial charge in [-0.2, -0.15) is 0 Å². The number of terminal acetylenes is 3. The van der Waals surface area contributed by atoms with Gasteiger partial charge in [0.1, 0.15) is 37.1 Å². The van der Waals surface area contributed by atoms with Crippen LogP contribution in [0.5, 0.6) is 17.2 Å². The second kappa shape index (κ2) is 20.3. The molecule has 13 rings (SSSR count). The van der Waals surface area contributed by atoms with Crippen molar-refractivity contribution in [1.29, 1.82) is 0 Å². The average molecular weight is 997 g/mol. The van der Waals surface area contributed by atoms with Gasteiger partial charge in [-0.25, -0.2) is 0 Å². The van der Waals surface area contributed by atoms with Gasteiger partial charge in [-0.15, -0.1) is 19.3 Å². The van der Waals surface area contributed by atoms with E-state index in [2.05, 4.69) is 218 Å². The van der Waals surface area contributed by atoms with Crippen molar-refractivity contribution in [2.24, 2.45) is 0 Å². The molecular formula is C75H48O3. The van der Waals surface area contributed by atoms with E-state index in [1.54, 1.807) is 0 Å². The second-order valence-corrected chi connectivity index (χ2v) is 19.6. The molecule has 0 amide bonds. The van der Waals surface area contributed by atoms with Crippen LogP contribution in [0.2, 0.25) is 0 Å². The summed E-state index contributed by atoms with van der Waals surface area (Å²) in [6, 6.07) is 78.4. The molecule has 78 heavy (non-hydrogen) atoms. The summed E-state index contributed by atoms with van der Waals surface area (Å²) in [5.41, 5.74) is 28.0. The van der Waals surface area contributed by atoms with E-state index < -0.39 is 0 Å². The van der Waals surface area contributed by atoms with Crippen LogP contribution >= 0.6 is 0 Å². The third-order valence-electron chi connectivity index (χ3n) is 14.9. The summed E-state index contributed by atoms with van der Waals surface area (Å²) in [7, 11) is 0. The van der Waals surface area contributed by atoms with Gasteiger partial charge in [0.15, 0.2) is 0 Å². The summed E-state index contributed by atoms with van der Waals surface area (Å²) in [5.74, 6) is 9.92. The predicted octanol–water partition coefficient (Wildman–Crippen LogP) is 17.4. The minimum Gasteiger partial charge on any atom is -0.481 e. The Morgan fingerprint density at radius 3 is 0.782 bits per heavy atom. The van der Waals surface area contributed by atoms with Gasteiger partial charge in [0.2, 0.25) is 0 Å². The van der Waals surface area contributed by atoms with E-state index in [0.717, 1.165) is 67.3 Å². The zero-order valence-corrected chi connectivity index (χ0v) is 42.6. The van der Waals surface area contributed by atoms with Gasteiger partial charge in [-0.3, -0.25) is 0 Å². The summed E-state index contributed by atoms with van der Waals surface area (Å²) < 4.78 is 17.2. The largest absolute Gasteiger partial charge is 0.481 e. The van der Waals surface area contributed by atoms with Crippen LogP contribution < -0.4 is 14.2 Å². The lowest BCUT2D eigenvalue weighted by molar-refractivity contribution is 0.370. The molecule has 10 aromatic rings. The number of hydrogen-bond donors (Lipinski definition) is 0. The molecule has 0 N–H and O–H groups in total. The fourth-order valence-electron chi connectivity index (χ4n) is 11.3. The molecule has 0 spiro atoms. The van der Waals surface area contributed by atoms with Crippen molar-refractivity contribution in [3.8, 4) is 121 Å². The Bertz CT molecular complexity index is 3810. The Morgan fingerprint density at radius 1 is 0.256 bits per heavy atom. The molecule has 0 bridgehead atoms. The van der Waals surface area contributed by atoms with E-state index in [0.29, 0.717) is 0 Å². The highest BCUT2D eigenvalue weighted by molar-refractivity contribution is 6.10. The van der Waals surface area contributed by atoms with E-state index in [4.69, 9.17) is 33.5 Å². The van der Waals surface area contributed by atoms with Crippen molar-refractivity contribution in [3.05, 3.63) is 268 Å². The Balaban J connectivity index is 0.958. The Morgan fingerprint density at radius 2 is 0.513 bits per heavy atom. The third kappa shape index (κ3) is 8.85. The van der Waals surface area contributed by atoms with Crippen molar-refractivity contribution >= 4 is 34.9 Å². The van der Waals surface area contributed by atoms with Gasteiger partial charge in [-0.1, -0.05) is 163 Å². The molecule has 3 heteroatoms. The van der Waals surface area contributed by atoms with Crippen LogP contribution in [0.25, 0.3) is 102 Å². The van der Waals surface area contributed by atoms with Crippen LogP contribution in [0.3, 0.4) is 0 Å². The average Bonchev–Trinajstić information content (AvgIpc) is 4.11. The minimum atomic E-state index is 0.228. The monoisotopic (exact) mass is 996 g/mol. The van der Waals surface area contributed by atoms with E-state index >= 15 is 0 Å². The zero-order valence-electron chi connectivity index (χ0n) is 42.6. The maximum absolute atomic E-state index is 5.72.